The van der Waals surface area contributed by atoms with Crippen LogP contribution in [0.4, 0.5) is 0 Å². The molecule has 154 valence electrons. The van der Waals surface area contributed by atoms with Gasteiger partial charge >= 0.3 is 5.97 Å². The van der Waals surface area contributed by atoms with Crippen molar-refractivity contribution in [3.63, 3.8) is 0 Å². The lowest BCUT2D eigenvalue weighted by atomic mass is 10.2. The molecule has 2 aromatic carbocycles. The number of hydrogen-bond acceptors (Lipinski definition) is 7. The molecule has 1 N–H and O–H groups in total. The minimum atomic E-state index is -0.638. The molecule has 0 saturated carbocycles. The lowest BCUT2D eigenvalue weighted by Crippen LogP contribution is -2.24. The first-order valence-corrected chi connectivity index (χ1v) is 9.00. The summed E-state index contributed by atoms with van der Waals surface area (Å²) in [5, 5.41) is 3.89. The molecule has 0 saturated heterocycles. The first-order valence-electron chi connectivity index (χ1n) is 9.00. The summed E-state index contributed by atoms with van der Waals surface area (Å²) < 4.78 is 20.9. The molecule has 0 spiro atoms. The van der Waals surface area contributed by atoms with Crippen molar-refractivity contribution in [2.45, 2.75) is 6.92 Å². The summed E-state index contributed by atoms with van der Waals surface area (Å²) in [6.07, 6.45) is 2.82. The second-order valence-electron chi connectivity index (χ2n) is 6.17. The standard InChI is InChI=1S/C22H20N2O6/c1-15-5-8-17(9-6-15)29-14-21(25)24-23-13-16-7-10-18(20(12-16)27-2)30-22(26)19-4-3-11-28-19/h3-13H,14H2,1-2H3,(H,24,25)/b23-13+. The molecular weight excluding hydrogens is 388 g/mol. The highest BCUT2D eigenvalue weighted by molar-refractivity contribution is 5.89. The van der Waals surface area contributed by atoms with Crippen LogP contribution in [0.15, 0.2) is 70.4 Å². The SMILES string of the molecule is COc1cc(/C=N/NC(=O)COc2ccc(C)cc2)ccc1OC(=O)c1ccco1. The third-order valence-electron chi connectivity index (χ3n) is 3.91. The van der Waals surface area contributed by atoms with E-state index in [9.17, 15) is 9.59 Å². The fourth-order valence-electron chi connectivity index (χ4n) is 2.39. The van der Waals surface area contributed by atoms with Gasteiger partial charge in [0.05, 0.1) is 19.6 Å². The summed E-state index contributed by atoms with van der Waals surface area (Å²) in [5.74, 6) is 0.199. The highest BCUT2D eigenvalue weighted by Crippen LogP contribution is 2.28. The van der Waals surface area contributed by atoms with E-state index in [1.807, 2.05) is 19.1 Å². The Labute approximate surface area is 173 Å². The van der Waals surface area contributed by atoms with Gasteiger partial charge in [-0.3, -0.25) is 4.79 Å². The molecule has 3 aromatic rings. The minimum Gasteiger partial charge on any atom is -0.493 e. The van der Waals surface area contributed by atoms with Crippen LogP contribution in [0, 0.1) is 6.92 Å². The zero-order valence-corrected chi connectivity index (χ0v) is 16.5. The predicted molar refractivity (Wildman–Crippen MR) is 109 cm³/mol. The molecule has 8 heteroatoms. The number of benzene rings is 2. The van der Waals surface area contributed by atoms with Gasteiger partial charge in [-0.15, -0.1) is 0 Å². The van der Waals surface area contributed by atoms with Gasteiger partial charge < -0.3 is 18.6 Å². The number of nitrogens with one attached hydrogen (secondary N) is 1. The summed E-state index contributed by atoms with van der Waals surface area (Å²) in [4.78, 5) is 23.8. The van der Waals surface area contributed by atoms with Crippen molar-refractivity contribution in [3.05, 3.63) is 77.7 Å². The van der Waals surface area contributed by atoms with Gasteiger partial charge in [-0.2, -0.15) is 5.10 Å². The number of methoxy groups -OCH3 is 1. The second kappa shape index (κ2) is 9.92. The number of hydrazone groups is 1. The lowest BCUT2D eigenvalue weighted by molar-refractivity contribution is -0.123. The van der Waals surface area contributed by atoms with Crippen LogP contribution < -0.4 is 19.6 Å². The minimum absolute atomic E-state index is 0.0817. The third-order valence-corrected chi connectivity index (χ3v) is 3.91. The van der Waals surface area contributed by atoms with Crippen LogP contribution in [0.25, 0.3) is 0 Å². The van der Waals surface area contributed by atoms with E-state index in [1.54, 1.807) is 36.4 Å². The topological polar surface area (TPSA) is 99.4 Å². The van der Waals surface area contributed by atoms with Gasteiger partial charge in [0.15, 0.2) is 18.1 Å². The number of carbonyl (C=O) groups excluding carboxylic acids is 2. The molecule has 1 heterocycles. The maximum absolute atomic E-state index is 12.0. The maximum atomic E-state index is 12.0. The van der Waals surface area contributed by atoms with E-state index in [1.165, 1.54) is 25.7 Å². The van der Waals surface area contributed by atoms with E-state index in [0.29, 0.717) is 17.1 Å². The Kier molecular flexibility index (Phi) is 6.83. The molecule has 0 radical (unpaired) electrons. The summed E-state index contributed by atoms with van der Waals surface area (Å²) in [6, 6.07) is 15.3. The number of carbonyl (C=O) groups is 2. The number of esters is 1. The Morgan fingerprint density at radius 2 is 1.90 bits per heavy atom. The number of amides is 1. The van der Waals surface area contributed by atoms with Gasteiger partial charge in [-0.05, 0) is 55.0 Å². The molecule has 0 atom stereocenters. The van der Waals surface area contributed by atoms with Gasteiger partial charge in [0.2, 0.25) is 5.76 Å². The van der Waals surface area contributed by atoms with Crippen molar-refractivity contribution < 1.29 is 28.2 Å². The normalized spacial score (nSPS) is 10.6. The third kappa shape index (κ3) is 5.71. The van der Waals surface area contributed by atoms with Crippen LogP contribution in [0.1, 0.15) is 21.7 Å². The zero-order chi connectivity index (χ0) is 21.3. The number of aryl methyl sites for hydroxylation is 1. The van der Waals surface area contributed by atoms with Crippen LogP contribution in [0.5, 0.6) is 17.2 Å². The Morgan fingerprint density at radius 1 is 1.10 bits per heavy atom. The highest BCUT2D eigenvalue weighted by atomic mass is 16.6. The van der Waals surface area contributed by atoms with E-state index in [0.717, 1.165) is 5.56 Å². The van der Waals surface area contributed by atoms with Gasteiger partial charge in [0, 0.05) is 0 Å². The van der Waals surface area contributed by atoms with Crippen LogP contribution >= 0.6 is 0 Å². The number of ether oxygens (including phenoxy) is 3. The molecule has 0 fully saturated rings. The van der Waals surface area contributed by atoms with Gasteiger partial charge in [-0.25, -0.2) is 10.2 Å². The summed E-state index contributed by atoms with van der Waals surface area (Å²) in [6.45, 7) is 1.81. The molecule has 1 amide bonds. The smallest absolute Gasteiger partial charge is 0.379 e. The van der Waals surface area contributed by atoms with Crippen molar-refractivity contribution in [1.82, 2.24) is 5.43 Å². The molecule has 0 aliphatic heterocycles. The monoisotopic (exact) mass is 408 g/mol. The fourth-order valence-corrected chi connectivity index (χ4v) is 2.39. The second-order valence-corrected chi connectivity index (χ2v) is 6.17. The average Bonchev–Trinajstić information content (AvgIpc) is 3.29. The molecule has 8 nitrogen and oxygen atoms in total. The molecule has 30 heavy (non-hydrogen) atoms. The Balaban J connectivity index is 1.54. The van der Waals surface area contributed by atoms with Crippen molar-refractivity contribution in [1.29, 1.82) is 0 Å². The summed E-state index contributed by atoms with van der Waals surface area (Å²) in [5.41, 5.74) is 4.12. The number of hydrogen-bond donors (Lipinski definition) is 1. The van der Waals surface area contributed by atoms with Gasteiger partial charge in [0.25, 0.3) is 5.91 Å². The first kappa shape index (κ1) is 20.7. The van der Waals surface area contributed by atoms with E-state index in [4.69, 9.17) is 18.6 Å². The van der Waals surface area contributed by atoms with Crippen LogP contribution in [0.3, 0.4) is 0 Å². The predicted octanol–water partition coefficient (Wildman–Crippen LogP) is 3.34. The summed E-state index contributed by atoms with van der Waals surface area (Å²) in [7, 11) is 1.45. The van der Waals surface area contributed by atoms with E-state index in [-0.39, 0.29) is 18.1 Å². The first-order chi connectivity index (χ1) is 14.5. The largest absolute Gasteiger partial charge is 0.493 e. The summed E-state index contributed by atoms with van der Waals surface area (Å²) >= 11 is 0. The van der Waals surface area contributed by atoms with Crippen molar-refractivity contribution in [2.24, 2.45) is 5.10 Å². The molecule has 0 bridgehead atoms. The number of furan rings is 1. The quantitative estimate of drug-likeness (QED) is 0.266. The number of rotatable bonds is 8. The van der Waals surface area contributed by atoms with Crippen LogP contribution in [0.2, 0.25) is 0 Å². The Hall–Kier alpha value is -4.07. The van der Waals surface area contributed by atoms with Crippen molar-refractivity contribution >= 4 is 18.1 Å². The van der Waals surface area contributed by atoms with Crippen LogP contribution in [-0.2, 0) is 4.79 Å². The van der Waals surface area contributed by atoms with Gasteiger partial charge in [-0.1, -0.05) is 17.7 Å². The van der Waals surface area contributed by atoms with Crippen molar-refractivity contribution in [2.75, 3.05) is 13.7 Å². The van der Waals surface area contributed by atoms with E-state index >= 15 is 0 Å². The van der Waals surface area contributed by atoms with Gasteiger partial charge in [0.1, 0.15) is 5.75 Å². The average molecular weight is 408 g/mol. The van der Waals surface area contributed by atoms with Crippen LogP contribution in [-0.4, -0.2) is 31.8 Å². The molecule has 0 aliphatic rings. The van der Waals surface area contributed by atoms with E-state index < -0.39 is 11.9 Å². The highest BCUT2D eigenvalue weighted by Gasteiger charge is 2.14. The molecule has 1 aromatic heterocycles. The fraction of sp³-hybridized carbons (Fsp3) is 0.136. The van der Waals surface area contributed by atoms with E-state index in [2.05, 4.69) is 10.5 Å². The Morgan fingerprint density at radius 3 is 2.60 bits per heavy atom. The maximum Gasteiger partial charge on any atom is 0.379 e. The molecule has 3 rings (SSSR count). The number of nitrogens with zero attached hydrogens (tertiary/aromatic N) is 1. The lowest BCUT2D eigenvalue weighted by Gasteiger charge is -2.09. The van der Waals surface area contributed by atoms with Crippen molar-refractivity contribution in [3.8, 4) is 17.2 Å². The molecular formula is C22H20N2O6. The molecule has 0 aliphatic carbocycles. The zero-order valence-electron chi connectivity index (χ0n) is 16.5. The Bertz CT molecular complexity index is 1030. The molecule has 0 unspecified atom stereocenters.